The smallest absolute Gasteiger partial charge is 0.288 e. The molecule has 0 aliphatic rings. The van der Waals surface area contributed by atoms with Crippen molar-refractivity contribution in [1.82, 2.24) is 15.4 Å². The molecular weight excluding hydrogens is 348 g/mol. The van der Waals surface area contributed by atoms with Crippen LogP contribution in [-0.2, 0) is 0 Å². The van der Waals surface area contributed by atoms with Gasteiger partial charge in [-0.3, -0.25) is 15.6 Å². The molecule has 0 atom stereocenters. The summed E-state index contributed by atoms with van der Waals surface area (Å²) in [6.07, 6.45) is 0. The van der Waals surface area contributed by atoms with Gasteiger partial charge in [-0.15, -0.1) is 0 Å². The Morgan fingerprint density at radius 1 is 0.643 bits per heavy atom. The van der Waals surface area contributed by atoms with Gasteiger partial charge in [0.1, 0.15) is 5.69 Å². The SMILES string of the molecule is O=C(NNc1c2ccccc2nc2ccccc12)c1ccc2ccccc2n1. The average Bonchev–Trinajstić information content (AvgIpc) is 2.76. The number of anilines is 1. The van der Waals surface area contributed by atoms with E-state index in [1.165, 1.54) is 0 Å². The van der Waals surface area contributed by atoms with E-state index in [1.807, 2.05) is 78.9 Å². The van der Waals surface area contributed by atoms with Gasteiger partial charge in [0.05, 0.1) is 22.2 Å². The van der Waals surface area contributed by atoms with Gasteiger partial charge >= 0.3 is 0 Å². The molecule has 0 saturated heterocycles. The lowest BCUT2D eigenvalue weighted by molar-refractivity contribution is 0.0958. The first-order valence-corrected chi connectivity index (χ1v) is 8.99. The predicted octanol–water partition coefficient (Wildman–Crippen LogP) is 4.69. The molecule has 5 heteroatoms. The summed E-state index contributed by atoms with van der Waals surface area (Å²) < 4.78 is 0. The minimum Gasteiger partial charge on any atom is -0.297 e. The number of nitrogens with one attached hydrogen (secondary N) is 2. The second-order valence-corrected chi connectivity index (χ2v) is 6.49. The first-order chi connectivity index (χ1) is 13.8. The van der Waals surface area contributed by atoms with Crippen molar-refractivity contribution in [2.75, 3.05) is 5.43 Å². The quantitative estimate of drug-likeness (QED) is 0.360. The lowest BCUT2D eigenvalue weighted by Crippen LogP contribution is -2.30. The van der Waals surface area contributed by atoms with Gasteiger partial charge in [0.25, 0.3) is 5.91 Å². The highest BCUT2D eigenvalue weighted by Gasteiger charge is 2.12. The van der Waals surface area contributed by atoms with E-state index in [2.05, 4.69) is 15.8 Å². The van der Waals surface area contributed by atoms with Gasteiger partial charge in [0.2, 0.25) is 0 Å². The number of amides is 1. The lowest BCUT2D eigenvalue weighted by Gasteiger charge is -2.14. The van der Waals surface area contributed by atoms with E-state index in [-0.39, 0.29) is 5.91 Å². The molecule has 2 N–H and O–H groups in total. The van der Waals surface area contributed by atoms with Crippen LogP contribution in [0.15, 0.2) is 84.9 Å². The van der Waals surface area contributed by atoms with E-state index >= 15 is 0 Å². The molecule has 5 nitrogen and oxygen atoms in total. The maximum atomic E-state index is 12.7. The summed E-state index contributed by atoms with van der Waals surface area (Å²) in [5.74, 6) is -0.296. The summed E-state index contributed by atoms with van der Waals surface area (Å²) in [4.78, 5) is 21.8. The number of aromatic nitrogens is 2. The molecule has 5 aromatic rings. The molecule has 0 radical (unpaired) electrons. The Kier molecular flexibility index (Phi) is 3.84. The number of hydrogen-bond donors (Lipinski definition) is 2. The first kappa shape index (κ1) is 16.2. The van der Waals surface area contributed by atoms with Crippen molar-refractivity contribution in [3.8, 4) is 0 Å². The molecule has 0 saturated carbocycles. The van der Waals surface area contributed by atoms with Crippen molar-refractivity contribution < 1.29 is 4.79 Å². The molecule has 0 aliphatic heterocycles. The van der Waals surface area contributed by atoms with Crippen molar-refractivity contribution in [1.29, 1.82) is 0 Å². The number of rotatable bonds is 3. The van der Waals surface area contributed by atoms with Gasteiger partial charge in [-0.1, -0.05) is 60.7 Å². The summed E-state index contributed by atoms with van der Waals surface area (Å²) in [6, 6.07) is 27.0. The summed E-state index contributed by atoms with van der Waals surface area (Å²) in [6.45, 7) is 0. The van der Waals surface area contributed by atoms with Crippen LogP contribution in [0.2, 0.25) is 0 Å². The number of carbonyl (C=O) groups excluding carboxylic acids is 1. The van der Waals surface area contributed by atoms with E-state index in [0.717, 1.165) is 38.4 Å². The molecule has 3 aromatic carbocycles. The molecule has 0 aliphatic carbocycles. The third kappa shape index (κ3) is 2.79. The Hall–Kier alpha value is -3.99. The number of nitrogens with zero attached hydrogens (tertiary/aromatic N) is 2. The van der Waals surface area contributed by atoms with Crippen LogP contribution in [0.4, 0.5) is 5.69 Å². The van der Waals surface area contributed by atoms with E-state index in [4.69, 9.17) is 4.98 Å². The maximum Gasteiger partial charge on any atom is 0.288 e. The van der Waals surface area contributed by atoms with Crippen LogP contribution >= 0.6 is 0 Å². The zero-order chi connectivity index (χ0) is 18.9. The molecule has 0 fully saturated rings. The van der Waals surface area contributed by atoms with Crippen LogP contribution < -0.4 is 10.9 Å². The van der Waals surface area contributed by atoms with Crippen LogP contribution in [0.5, 0.6) is 0 Å². The molecule has 2 heterocycles. The summed E-state index contributed by atoms with van der Waals surface area (Å²) >= 11 is 0. The van der Waals surface area contributed by atoms with Gasteiger partial charge in [0.15, 0.2) is 0 Å². The molecule has 134 valence electrons. The second kappa shape index (κ2) is 6.63. The van der Waals surface area contributed by atoms with Crippen molar-refractivity contribution >= 4 is 44.3 Å². The van der Waals surface area contributed by atoms with E-state index in [1.54, 1.807) is 6.07 Å². The molecule has 0 unspecified atom stereocenters. The van der Waals surface area contributed by atoms with Crippen molar-refractivity contribution in [2.24, 2.45) is 0 Å². The highest BCUT2D eigenvalue weighted by atomic mass is 16.2. The zero-order valence-electron chi connectivity index (χ0n) is 14.9. The first-order valence-electron chi connectivity index (χ1n) is 8.99. The van der Waals surface area contributed by atoms with Gasteiger partial charge < -0.3 is 0 Å². The minimum atomic E-state index is -0.296. The third-order valence-electron chi connectivity index (χ3n) is 4.72. The normalized spacial score (nSPS) is 11.0. The number of fused-ring (bicyclic) bond motifs is 3. The van der Waals surface area contributed by atoms with Crippen molar-refractivity contribution in [3.05, 3.63) is 90.6 Å². The number of carbonyl (C=O) groups is 1. The highest BCUT2D eigenvalue weighted by molar-refractivity contribution is 6.08. The molecule has 2 aromatic heterocycles. The molecule has 5 rings (SSSR count). The van der Waals surface area contributed by atoms with E-state index in [0.29, 0.717) is 5.69 Å². The topological polar surface area (TPSA) is 66.9 Å². The number of para-hydroxylation sites is 3. The maximum absolute atomic E-state index is 12.7. The average molecular weight is 364 g/mol. The Labute approximate surface area is 161 Å². The predicted molar refractivity (Wildman–Crippen MR) is 112 cm³/mol. The highest BCUT2D eigenvalue weighted by Crippen LogP contribution is 2.30. The van der Waals surface area contributed by atoms with Crippen LogP contribution in [0.25, 0.3) is 32.7 Å². The van der Waals surface area contributed by atoms with Gasteiger partial charge in [-0.05, 0) is 24.3 Å². The largest absolute Gasteiger partial charge is 0.297 e. The number of hydrazine groups is 1. The Balaban J connectivity index is 1.51. The molecule has 28 heavy (non-hydrogen) atoms. The Morgan fingerprint density at radius 3 is 1.96 bits per heavy atom. The summed E-state index contributed by atoms with van der Waals surface area (Å²) in [7, 11) is 0. The monoisotopic (exact) mass is 364 g/mol. The molecule has 0 spiro atoms. The summed E-state index contributed by atoms with van der Waals surface area (Å²) in [5.41, 5.74) is 9.57. The van der Waals surface area contributed by atoms with E-state index < -0.39 is 0 Å². The molecule has 0 bridgehead atoms. The molecular formula is C23H16N4O. The van der Waals surface area contributed by atoms with Gasteiger partial charge in [-0.2, -0.15) is 0 Å². The summed E-state index contributed by atoms with van der Waals surface area (Å²) in [5, 5.41) is 2.87. The van der Waals surface area contributed by atoms with Crippen LogP contribution in [0.1, 0.15) is 10.5 Å². The second-order valence-electron chi connectivity index (χ2n) is 6.49. The minimum absolute atomic E-state index is 0.296. The van der Waals surface area contributed by atoms with E-state index in [9.17, 15) is 4.79 Å². The Bertz CT molecular complexity index is 1290. The lowest BCUT2D eigenvalue weighted by atomic mass is 10.1. The van der Waals surface area contributed by atoms with Gasteiger partial charge in [-0.25, -0.2) is 9.97 Å². The number of benzene rings is 3. The molecule has 1 amide bonds. The Morgan fingerprint density at radius 2 is 1.25 bits per heavy atom. The third-order valence-corrected chi connectivity index (χ3v) is 4.72. The fourth-order valence-electron chi connectivity index (χ4n) is 3.35. The van der Waals surface area contributed by atoms with Crippen LogP contribution in [0.3, 0.4) is 0 Å². The standard InChI is InChI=1S/C23H16N4O/c28-23(21-14-13-15-7-1-4-10-18(15)24-21)27-26-22-16-8-2-5-11-19(16)25-20-12-6-3-9-17(20)22/h1-14H,(H,25,26)(H,27,28). The fourth-order valence-corrected chi connectivity index (χ4v) is 3.35. The van der Waals surface area contributed by atoms with Crippen molar-refractivity contribution in [2.45, 2.75) is 0 Å². The van der Waals surface area contributed by atoms with Crippen molar-refractivity contribution in [3.63, 3.8) is 0 Å². The van der Waals surface area contributed by atoms with Gasteiger partial charge in [0, 0.05) is 16.2 Å². The van der Waals surface area contributed by atoms with Crippen LogP contribution in [-0.4, -0.2) is 15.9 Å². The number of pyridine rings is 2. The fraction of sp³-hybridized carbons (Fsp3) is 0. The number of hydrogen-bond acceptors (Lipinski definition) is 4. The van der Waals surface area contributed by atoms with Crippen LogP contribution in [0, 0.1) is 0 Å². The zero-order valence-corrected chi connectivity index (χ0v) is 14.9.